The van der Waals surface area contributed by atoms with Crippen LogP contribution in [0.5, 0.6) is 0 Å². The van der Waals surface area contributed by atoms with E-state index in [2.05, 4.69) is 21.4 Å². The lowest BCUT2D eigenvalue weighted by Gasteiger charge is -2.16. The molecule has 0 bridgehead atoms. The van der Waals surface area contributed by atoms with Crippen molar-refractivity contribution in [2.24, 2.45) is 0 Å². The fourth-order valence-electron chi connectivity index (χ4n) is 3.07. The Morgan fingerprint density at radius 1 is 1.05 bits per heavy atom. The number of aromatic nitrogens is 2. The van der Waals surface area contributed by atoms with Crippen LogP contribution in [0.3, 0.4) is 0 Å². The van der Waals surface area contributed by atoms with Crippen LogP contribution in [0.4, 0.5) is 5.95 Å². The van der Waals surface area contributed by atoms with Gasteiger partial charge in [0.1, 0.15) is 0 Å². The van der Waals surface area contributed by atoms with Crippen molar-refractivity contribution in [1.82, 2.24) is 9.97 Å². The van der Waals surface area contributed by atoms with E-state index in [0.29, 0.717) is 11.5 Å². The van der Waals surface area contributed by atoms with Crippen molar-refractivity contribution in [3.63, 3.8) is 0 Å². The molecule has 0 saturated heterocycles. The van der Waals surface area contributed by atoms with E-state index in [1.807, 2.05) is 36.4 Å². The van der Waals surface area contributed by atoms with Crippen LogP contribution in [-0.4, -0.2) is 15.9 Å². The van der Waals surface area contributed by atoms with Gasteiger partial charge in [-0.25, -0.2) is 4.98 Å². The topological polar surface area (TPSA) is 57.8 Å². The first-order valence-corrected chi connectivity index (χ1v) is 7.67. The number of rotatable bonds is 2. The van der Waals surface area contributed by atoms with Crippen LogP contribution in [0, 0.1) is 0 Å². The van der Waals surface area contributed by atoms with Crippen LogP contribution >= 0.6 is 0 Å². The zero-order valence-corrected chi connectivity index (χ0v) is 12.2. The van der Waals surface area contributed by atoms with E-state index in [1.54, 1.807) is 0 Å². The van der Waals surface area contributed by atoms with Gasteiger partial charge >= 0.3 is 0 Å². The first kappa shape index (κ1) is 13.1. The minimum absolute atomic E-state index is 0.118. The molecule has 22 heavy (non-hydrogen) atoms. The summed E-state index contributed by atoms with van der Waals surface area (Å²) in [6, 6.07) is 13.7. The van der Waals surface area contributed by atoms with Crippen LogP contribution in [0.15, 0.2) is 42.5 Å². The molecule has 1 aliphatic rings. The van der Waals surface area contributed by atoms with Crippen molar-refractivity contribution in [3.8, 4) is 0 Å². The number of amides is 1. The van der Waals surface area contributed by atoms with E-state index >= 15 is 0 Å². The number of aryl methyl sites for hydroxylation is 2. The summed E-state index contributed by atoms with van der Waals surface area (Å²) >= 11 is 0. The molecular formula is C18H17N3O. The van der Waals surface area contributed by atoms with Crippen molar-refractivity contribution in [1.29, 1.82) is 0 Å². The van der Waals surface area contributed by atoms with Gasteiger partial charge in [0.25, 0.3) is 5.91 Å². The Labute approximate surface area is 128 Å². The van der Waals surface area contributed by atoms with E-state index < -0.39 is 0 Å². The van der Waals surface area contributed by atoms with E-state index in [4.69, 9.17) is 0 Å². The maximum atomic E-state index is 12.4. The second-order valence-corrected chi connectivity index (χ2v) is 5.75. The molecule has 0 saturated carbocycles. The van der Waals surface area contributed by atoms with Gasteiger partial charge in [-0.3, -0.25) is 10.1 Å². The Bertz CT molecular complexity index is 817. The molecule has 110 valence electrons. The molecule has 0 atom stereocenters. The molecule has 3 aromatic rings. The van der Waals surface area contributed by atoms with Crippen molar-refractivity contribution in [3.05, 3.63) is 59.2 Å². The van der Waals surface area contributed by atoms with Gasteiger partial charge in [0.2, 0.25) is 5.95 Å². The highest BCUT2D eigenvalue weighted by molar-refractivity contribution is 6.04. The Kier molecular flexibility index (Phi) is 3.15. The molecule has 0 radical (unpaired) electrons. The number of para-hydroxylation sites is 2. The molecular weight excluding hydrogens is 274 g/mol. The number of carbonyl (C=O) groups is 1. The van der Waals surface area contributed by atoms with E-state index in [0.717, 1.165) is 23.9 Å². The lowest BCUT2D eigenvalue weighted by molar-refractivity contribution is 0.102. The summed E-state index contributed by atoms with van der Waals surface area (Å²) in [5.41, 5.74) is 5.16. The summed E-state index contributed by atoms with van der Waals surface area (Å²) in [5.74, 6) is 0.372. The van der Waals surface area contributed by atoms with Gasteiger partial charge < -0.3 is 4.98 Å². The van der Waals surface area contributed by atoms with E-state index in [9.17, 15) is 4.79 Å². The molecule has 4 rings (SSSR count). The van der Waals surface area contributed by atoms with Gasteiger partial charge in [0, 0.05) is 5.56 Å². The number of nitrogens with one attached hydrogen (secondary N) is 2. The third kappa shape index (κ3) is 2.37. The van der Waals surface area contributed by atoms with Crippen molar-refractivity contribution in [2.75, 3.05) is 5.32 Å². The minimum atomic E-state index is -0.118. The smallest absolute Gasteiger partial charge is 0.257 e. The number of fused-ring (bicyclic) bond motifs is 2. The average molecular weight is 291 g/mol. The average Bonchev–Trinajstić information content (AvgIpc) is 2.96. The molecule has 0 aliphatic heterocycles. The monoisotopic (exact) mass is 291 g/mol. The van der Waals surface area contributed by atoms with Crippen LogP contribution in [-0.2, 0) is 12.8 Å². The van der Waals surface area contributed by atoms with Gasteiger partial charge in [0.15, 0.2) is 0 Å². The Balaban J connectivity index is 1.59. The second-order valence-electron chi connectivity index (χ2n) is 5.75. The summed E-state index contributed by atoms with van der Waals surface area (Å²) in [7, 11) is 0. The fourth-order valence-corrected chi connectivity index (χ4v) is 3.07. The van der Waals surface area contributed by atoms with Gasteiger partial charge in [0.05, 0.1) is 11.0 Å². The predicted octanol–water partition coefficient (Wildman–Crippen LogP) is 3.69. The number of H-pyrrole nitrogens is 1. The quantitative estimate of drug-likeness (QED) is 0.756. The normalized spacial score (nSPS) is 13.8. The number of imidazole rings is 1. The van der Waals surface area contributed by atoms with Crippen molar-refractivity contribution >= 4 is 22.9 Å². The number of benzene rings is 2. The summed E-state index contributed by atoms with van der Waals surface area (Å²) in [5, 5.41) is 2.85. The molecule has 1 aromatic heterocycles. The maximum Gasteiger partial charge on any atom is 0.257 e. The summed E-state index contributed by atoms with van der Waals surface area (Å²) in [4.78, 5) is 19.9. The van der Waals surface area contributed by atoms with Gasteiger partial charge in [-0.2, -0.15) is 0 Å². The summed E-state index contributed by atoms with van der Waals surface area (Å²) < 4.78 is 0. The van der Waals surface area contributed by atoms with Gasteiger partial charge in [-0.05, 0) is 61.1 Å². The number of carbonyl (C=O) groups excluding carboxylic acids is 1. The largest absolute Gasteiger partial charge is 0.324 e. The molecule has 4 heteroatoms. The molecule has 1 heterocycles. The first-order valence-electron chi connectivity index (χ1n) is 7.67. The number of nitrogens with zero attached hydrogens (tertiary/aromatic N) is 1. The second kappa shape index (κ2) is 5.30. The molecule has 0 fully saturated rings. The van der Waals surface area contributed by atoms with E-state index in [1.165, 1.54) is 24.0 Å². The lowest BCUT2D eigenvalue weighted by atomic mass is 9.90. The van der Waals surface area contributed by atoms with Crippen LogP contribution in [0.2, 0.25) is 0 Å². The zero-order valence-electron chi connectivity index (χ0n) is 12.2. The van der Waals surface area contributed by atoms with Crippen LogP contribution in [0.1, 0.15) is 34.3 Å². The summed E-state index contributed by atoms with van der Waals surface area (Å²) in [6.45, 7) is 0. The number of hydrogen-bond acceptors (Lipinski definition) is 2. The number of anilines is 1. The third-order valence-electron chi connectivity index (χ3n) is 4.23. The number of aromatic amines is 1. The molecule has 2 N–H and O–H groups in total. The van der Waals surface area contributed by atoms with Crippen molar-refractivity contribution in [2.45, 2.75) is 25.7 Å². The molecule has 2 aromatic carbocycles. The Hall–Kier alpha value is -2.62. The highest BCUT2D eigenvalue weighted by Gasteiger charge is 2.14. The maximum absolute atomic E-state index is 12.4. The third-order valence-corrected chi connectivity index (χ3v) is 4.23. The van der Waals surface area contributed by atoms with Crippen molar-refractivity contribution < 1.29 is 4.79 Å². The SMILES string of the molecule is O=C(Nc1nc2ccccc2[nH]1)c1ccc2c(c1)CCCC2. The first-order chi connectivity index (χ1) is 10.8. The Morgan fingerprint density at radius 3 is 2.73 bits per heavy atom. The zero-order chi connectivity index (χ0) is 14.9. The standard InChI is InChI=1S/C18H17N3O/c22-17(14-10-9-12-5-1-2-6-13(12)11-14)21-18-19-15-7-3-4-8-16(15)20-18/h3-4,7-11H,1-2,5-6H2,(H2,19,20,21,22). The Morgan fingerprint density at radius 2 is 1.86 bits per heavy atom. The molecule has 1 amide bonds. The van der Waals surface area contributed by atoms with Crippen LogP contribution < -0.4 is 5.32 Å². The van der Waals surface area contributed by atoms with Gasteiger partial charge in [-0.1, -0.05) is 18.2 Å². The molecule has 0 spiro atoms. The molecule has 1 aliphatic carbocycles. The fraction of sp³-hybridized carbons (Fsp3) is 0.222. The van der Waals surface area contributed by atoms with E-state index in [-0.39, 0.29) is 5.91 Å². The molecule has 0 unspecified atom stereocenters. The number of hydrogen-bond donors (Lipinski definition) is 2. The predicted molar refractivity (Wildman–Crippen MR) is 87.1 cm³/mol. The summed E-state index contributed by atoms with van der Waals surface area (Å²) in [6.07, 6.45) is 4.65. The molecule has 4 nitrogen and oxygen atoms in total. The van der Waals surface area contributed by atoms with Gasteiger partial charge in [-0.15, -0.1) is 0 Å². The highest BCUT2D eigenvalue weighted by atomic mass is 16.1. The van der Waals surface area contributed by atoms with Crippen LogP contribution in [0.25, 0.3) is 11.0 Å². The minimum Gasteiger partial charge on any atom is -0.324 e. The highest BCUT2D eigenvalue weighted by Crippen LogP contribution is 2.22. The lowest BCUT2D eigenvalue weighted by Crippen LogP contribution is -2.14.